The molecule has 1 aliphatic rings. The van der Waals surface area contributed by atoms with Crippen molar-refractivity contribution < 1.29 is 18.7 Å². The molecule has 4 aromatic rings. The molecule has 0 unspecified atom stereocenters. The third-order valence-electron chi connectivity index (χ3n) is 5.52. The normalized spacial score (nSPS) is 11.9. The van der Waals surface area contributed by atoms with Crippen molar-refractivity contribution in [3.8, 4) is 11.5 Å². The summed E-state index contributed by atoms with van der Waals surface area (Å²) in [6, 6.07) is 15.9. The lowest BCUT2D eigenvalue weighted by Gasteiger charge is -2.27. The third-order valence-corrected chi connectivity index (χ3v) is 7.10. The molecule has 8 heteroatoms. The molecule has 0 amide bonds. The number of rotatable bonds is 4. The number of benzene rings is 4. The summed E-state index contributed by atoms with van der Waals surface area (Å²) in [6.45, 7) is 3.26. The van der Waals surface area contributed by atoms with Crippen LogP contribution in [0.2, 0.25) is 5.02 Å². The topological polar surface area (TPSA) is 59.6 Å². The quantitative estimate of drug-likeness (QED) is 0.196. The van der Waals surface area contributed by atoms with E-state index in [9.17, 15) is 9.18 Å². The lowest BCUT2D eigenvalue weighted by molar-refractivity contribution is -0.131. The number of aryl methyl sites for hydroxylation is 1. The van der Waals surface area contributed by atoms with Crippen molar-refractivity contribution in [1.29, 1.82) is 0 Å². The Morgan fingerprint density at radius 2 is 1.88 bits per heavy atom. The highest BCUT2D eigenvalue weighted by molar-refractivity contribution is 8.00. The Kier molecular flexibility index (Phi) is 5.75. The van der Waals surface area contributed by atoms with Gasteiger partial charge in [0.15, 0.2) is 5.75 Å². The van der Waals surface area contributed by atoms with Gasteiger partial charge >= 0.3 is 5.97 Å². The Balaban J connectivity index is 1.79. The highest BCUT2D eigenvalue weighted by Gasteiger charge is 2.27. The standard InChI is InChI=1S/C26H20ClFN2O3S/c1-13-10-20(21(32-3)12-18(13)27)30-24-25(33-14(2)31)17-7-5-4-6-16(17)23-26(24)34-22-11-15(28)8-9-19(22)29-23/h4-12,29-30H,1-3H3. The average Bonchev–Trinajstić information content (AvgIpc) is 2.82. The number of carbonyl (C=O) groups is 1. The van der Waals surface area contributed by atoms with E-state index in [0.29, 0.717) is 27.9 Å². The molecular weight excluding hydrogens is 475 g/mol. The summed E-state index contributed by atoms with van der Waals surface area (Å²) in [5.74, 6) is 0.131. The molecule has 1 aliphatic heterocycles. The minimum atomic E-state index is -0.451. The van der Waals surface area contributed by atoms with E-state index in [2.05, 4.69) is 10.6 Å². The number of esters is 1. The molecule has 4 aromatic carbocycles. The summed E-state index contributed by atoms with van der Waals surface area (Å²) in [5.41, 5.74) is 3.71. The minimum absolute atomic E-state index is 0.331. The minimum Gasteiger partial charge on any atom is -0.495 e. The number of nitrogens with one attached hydrogen (secondary N) is 2. The molecule has 1 heterocycles. The van der Waals surface area contributed by atoms with Gasteiger partial charge in [-0.05, 0) is 36.8 Å². The predicted molar refractivity (Wildman–Crippen MR) is 135 cm³/mol. The van der Waals surface area contributed by atoms with Gasteiger partial charge in [0.05, 0.1) is 34.8 Å². The van der Waals surface area contributed by atoms with E-state index in [4.69, 9.17) is 21.1 Å². The molecule has 0 spiro atoms. The second kappa shape index (κ2) is 8.74. The van der Waals surface area contributed by atoms with Crippen LogP contribution in [-0.2, 0) is 4.79 Å². The van der Waals surface area contributed by atoms with Gasteiger partial charge in [0, 0.05) is 33.7 Å². The van der Waals surface area contributed by atoms with Crippen LogP contribution in [-0.4, -0.2) is 13.1 Å². The van der Waals surface area contributed by atoms with Gasteiger partial charge in [0.2, 0.25) is 0 Å². The molecule has 5 nitrogen and oxygen atoms in total. The zero-order valence-corrected chi connectivity index (χ0v) is 20.2. The fourth-order valence-corrected chi connectivity index (χ4v) is 5.25. The first kappa shape index (κ1) is 22.4. The van der Waals surface area contributed by atoms with Crippen LogP contribution in [0.3, 0.4) is 0 Å². The lowest BCUT2D eigenvalue weighted by atomic mass is 10.0. The second-order valence-electron chi connectivity index (χ2n) is 7.84. The Morgan fingerprint density at radius 1 is 1.12 bits per heavy atom. The summed E-state index contributed by atoms with van der Waals surface area (Å²) in [6.07, 6.45) is 0. The number of carbonyl (C=O) groups excluding carboxylic acids is 1. The van der Waals surface area contributed by atoms with Crippen molar-refractivity contribution in [2.45, 2.75) is 23.6 Å². The molecule has 0 atom stereocenters. The average molecular weight is 495 g/mol. The van der Waals surface area contributed by atoms with Crippen molar-refractivity contribution in [3.05, 3.63) is 71.0 Å². The lowest BCUT2D eigenvalue weighted by Crippen LogP contribution is -2.10. The molecule has 5 rings (SSSR count). The van der Waals surface area contributed by atoms with Crippen LogP contribution in [0.1, 0.15) is 12.5 Å². The molecule has 0 radical (unpaired) electrons. The predicted octanol–water partition coefficient (Wildman–Crippen LogP) is 7.83. The molecule has 0 fully saturated rings. The first-order chi connectivity index (χ1) is 16.4. The number of anilines is 4. The number of hydrogen-bond donors (Lipinski definition) is 2. The van der Waals surface area contributed by atoms with Crippen molar-refractivity contribution in [2.75, 3.05) is 17.7 Å². The zero-order valence-electron chi connectivity index (χ0n) is 18.6. The number of fused-ring (bicyclic) bond motifs is 4. The van der Waals surface area contributed by atoms with Crippen LogP contribution in [0.15, 0.2) is 64.4 Å². The summed E-state index contributed by atoms with van der Waals surface area (Å²) >= 11 is 7.70. The van der Waals surface area contributed by atoms with E-state index in [1.807, 2.05) is 37.3 Å². The Labute approximate surface area is 205 Å². The molecule has 0 saturated carbocycles. The van der Waals surface area contributed by atoms with Gasteiger partial charge in [-0.3, -0.25) is 4.79 Å². The van der Waals surface area contributed by atoms with Crippen molar-refractivity contribution in [2.24, 2.45) is 0 Å². The monoisotopic (exact) mass is 494 g/mol. The van der Waals surface area contributed by atoms with E-state index >= 15 is 0 Å². The molecule has 0 saturated heterocycles. The summed E-state index contributed by atoms with van der Waals surface area (Å²) in [5, 5.41) is 9.06. The maximum absolute atomic E-state index is 14.0. The zero-order chi connectivity index (χ0) is 24.0. The van der Waals surface area contributed by atoms with Crippen LogP contribution >= 0.6 is 23.4 Å². The number of hydrogen-bond acceptors (Lipinski definition) is 6. The maximum Gasteiger partial charge on any atom is 0.308 e. The van der Waals surface area contributed by atoms with Crippen molar-refractivity contribution in [3.63, 3.8) is 0 Å². The Hall–Kier alpha value is -3.42. The van der Waals surface area contributed by atoms with Crippen LogP contribution in [0.25, 0.3) is 10.8 Å². The van der Waals surface area contributed by atoms with Gasteiger partial charge in [-0.1, -0.05) is 47.6 Å². The fraction of sp³-hybridized carbons (Fsp3) is 0.115. The first-order valence-corrected chi connectivity index (χ1v) is 11.7. The van der Waals surface area contributed by atoms with Gasteiger partial charge < -0.3 is 20.1 Å². The highest BCUT2D eigenvalue weighted by Crippen LogP contribution is 2.55. The number of methoxy groups -OCH3 is 1. The van der Waals surface area contributed by atoms with Gasteiger partial charge in [-0.2, -0.15) is 0 Å². The summed E-state index contributed by atoms with van der Waals surface area (Å²) < 4.78 is 25.4. The van der Waals surface area contributed by atoms with Crippen molar-refractivity contribution >= 4 is 62.9 Å². The van der Waals surface area contributed by atoms with E-state index in [1.54, 1.807) is 19.2 Å². The van der Waals surface area contributed by atoms with Gasteiger partial charge in [-0.15, -0.1) is 0 Å². The van der Waals surface area contributed by atoms with E-state index < -0.39 is 5.97 Å². The Bertz CT molecular complexity index is 1470. The third kappa shape index (κ3) is 3.91. The fourth-order valence-electron chi connectivity index (χ4n) is 3.97. The summed E-state index contributed by atoms with van der Waals surface area (Å²) in [4.78, 5) is 13.6. The van der Waals surface area contributed by atoms with Gasteiger partial charge in [0.1, 0.15) is 11.6 Å². The molecule has 0 aromatic heterocycles. The van der Waals surface area contributed by atoms with Crippen molar-refractivity contribution in [1.82, 2.24) is 0 Å². The molecule has 0 aliphatic carbocycles. The van der Waals surface area contributed by atoms with Crippen LogP contribution in [0.4, 0.5) is 27.1 Å². The van der Waals surface area contributed by atoms with Gasteiger partial charge in [0.25, 0.3) is 0 Å². The molecular formula is C26H20ClFN2O3S. The SMILES string of the molecule is COc1cc(Cl)c(C)cc1Nc1c2c(c3ccccc3c1OC(C)=O)Nc1ccc(F)cc1S2. The second-order valence-corrected chi connectivity index (χ2v) is 9.30. The highest BCUT2D eigenvalue weighted by atomic mass is 35.5. The molecule has 34 heavy (non-hydrogen) atoms. The molecule has 172 valence electrons. The largest absolute Gasteiger partial charge is 0.495 e. The summed E-state index contributed by atoms with van der Waals surface area (Å²) in [7, 11) is 1.56. The first-order valence-electron chi connectivity index (χ1n) is 10.5. The number of ether oxygens (including phenoxy) is 2. The van der Waals surface area contributed by atoms with Crippen LogP contribution in [0, 0.1) is 12.7 Å². The van der Waals surface area contributed by atoms with Gasteiger partial charge in [-0.25, -0.2) is 4.39 Å². The maximum atomic E-state index is 14.0. The number of halogens is 2. The molecule has 2 N–H and O–H groups in total. The van der Waals surface area contributed by atoms with E-state index in [-0.39, 0.29) is 5.82 Å². The van der Waals surface area contributed by atoms with E-state index in [1.165, 1.54) is 30.8 Å². The smallest absolute Gasteiger partial charge is 0.308 e. The Morgan fingerprint density at radius 3 is 2.62 bits per heavy atom. The van der Waals surface area contributed by atoms with E-state index in [0.717, 1.165) is 37.5 Å². The molecule has 0 bridgehead atoms. The van der Waals surface area contributed by atoms with Crippen LogP contribution < -0.4 is 20.1 Å². The van der Waals surface area contributed by atoms with Crippen LogP contribution in [0.5, 0.6) is 11.5 Å².